The van der Waals surface area contributed by atoms with Crippen LogP contribution in [0, 0.1) is 6.92 Å². The molecule has 0 fully saturated rings. The third kappa shape index (κ3) is 2.45. The summed E-state index contributed by atoms with van der Waals surface area (Å²) in [5.41, 5.74) is 11.4. The third-order valence-corrected chi connectivity index (χ3v) is 4.74. The zero-order valence-corrected chi connectivity index (χ0v) is 14.8. The Morgan fingerprint density at radius 2 is 1.59 bits per heavy atom. The first kappa shape index (κ1) is 15.6. The second-order valence-corrected chi connectivity index (χ2v) is 6.44. The summed E-state index contributed by atoms with van der Waals surface area (Å²) in [5.74, 6) is 0. The van der Waals surface area contributed by atoms with Crippen LogP contribution in [-0.4, -0.2) is 22.3 Å². The van der Waals surface area contributed by atoms with E-state index in [2.05, 4.69) is 50.0 Å². The van der Waals surface area contributed by atoms with Crippen molar-refractivity contribution >= 4 is 11.4 Å². The van der Waals surface area contributed by atoms with Crippen molar-refractivity contribution in [3.05, 3.63) is 88.5 Å². The molecule has 1 aliphatic carbocycles. The van der Waals surface area contributed by atoms with Crippen molar-refractivity contribution in [1.82, 2.24) is 15.4 Å². The summed E-state index contributed by atoms with van der Waals surface area (Å²) >= 11 is 0. The molecule has 0 radical (unpaired) electrons. The Morgan fingerprint density at radius 1 is 0.926 bits per heavy atom. The first-order valence-electron chi connectivity index (χ1n) is 8.68. The van der Waals surface area contributed by atoms with Crippen LogP contribution in [0.5, 0.6) is 0 Å². The van der Waals surface area contributed by atoms with Gasteiger partial charge < -0.3 is 0 Å². The van der Waals surface area contributed by atoms with Crippen LogP contribution >= 0.6 is 0 Å². The van der Waals surface area contributed by atoms with E-state index in [9.17, 15) is 0 Å². The summed E-state index contributed by atoms with van der Waals surface area (Å²) in [6.45, 7) is 6.56. The van der Waals surface area contributed by atoms with Gasteiger partial charge in [-0.1, -0.05) is 55.1 Å². The van der Waals surface area contributed by atoms with Gasteiger partial charge in [0.15, 0.2) is 11.0 Å². The molecule has 0 saturated carbocycles. The van der Waals surface area contributed by atoms with Crippen LogP contribution in [0.3, 0.4) is 0 Å². The Kier molecular flexibility index (Phi) is 3.43. The van der Waals surface area contributed by atoms with Crippen LogP contribution in [0.1, 0.15) is 22.4 Å². The molecule has 0 unspecified atom stereocenters. The largest absolute Gasteiger partial charge is 0.278 e. The minimum absolute atomic E-state index is 0.384. The highest BCUT2D eigenvalue weighted by Gasteiger charge is 2.28. The van der Waals surface area contributed by atoms with E-state index in [0.717, 1.165) is 45.1 Å². The van der Waals surface area contributed by atoms with Crippen molar-refractivity contribution < 1.29 is 0 Å². The molecule has 6 nitrogen and oxygen atoms in total. The van der Waals surface area contributed by atoms with Gasteiger partial charge in [-0.2, -0.15) is 5.10 Å². The first-order valence-corrected chi connectivity index (χ1v) is 8.68. The third-order valence-electron chi connectivity index (χ3n) is 4.74. The maximum atomic E-state index is 4.67. The average molecular weight is 352 g/mol. The molecule has 1 aromatic heterocycles. The molecule has 0 spiro atoms. The Hall–Kier alpha value is -3.67. The molecule has 0 bridgehead atoms. The van der Waals surface area contributed by atoms with E-state index >= 15 is 0 Å². The van der Waals surface area contributed by atoms with Crippen LogP contribution in [0.25, 0.3) is 17.0 Å². The van der Waals surface area contributed by atoms with Crippen molar-refractivity contribution in [2.45, 2.75) is 6.92 Å². The highest BCUT2D eigenvalue weighted by Crippen LogP contribution is 2.33. The number of hydrazone groups is 1. The quantitative estimate of drug-likeness (QED) is 0.573. The van der Waals surface area contributed by atoms with Crippen molar-refractivity contribution in [1.29, 1.82) is 0 Å². The molecule has 2 aromatic carbocycles. The molecular formula is C21H16N6. The zero-order chi connectivity index (χ0) is 18.4. The number of aromatic nitrogens is 2. The summed E-state index contributed by atoms with van der Waals surface area (Å²) in [7, 11) is 0. The lowest BCUT2D eigenvalue weighted by Gasteiger charge is -2.09. The van der Waals surface area contributed by atoms with Crippen molar-refractivity contribution in [2.75, 3.05) is 6.67 Å². The molecule has 1 aliphatic heterocycles. The van der Waals surface area contributed by atoms with E-state index in [1.54, 1.807) is 0 Å². The first-order chi connectivity index (χ1) is 13.2. The molecule has 0 atom stereocenters. The molecule has 6 heteroatoms. The smallest absolute Gasteiger partial charge is 0.195 e. The van der Waals surface area contributed by atoms with Gasteiger partial charge in [-0.3, -0.25) is 5.43 Å². The second kappa shape index (κ2) is 5.95. The number of rotatable bonds is 3. The maximum Gasteiger partial charge on any atom is 0.195 e. The molecule has 0 saturated heterocycles. The number of hydrogen-bond donors (Lipinski definition) is 1. The number of nitrogens with zero attached hydrogens (tertiary/aromatic N) is 5. The van der Waals surface area contributed by atoms with Crippen LogP contribution in [0.15, 0.2) is 70.2 Å². The van der Waals surface area contributed by atoms with E-state index in [-0.39, 0.29) is 0 Å². The van der Waals surface area contributed by atoms with E-state index in [1.165, 1.54) is 0 Å². The number of fused-ring (bicyclic) bond motifs is 4. The van der Waals surface area contributed by atoms with Crippen molar-refractivity contribution in [3.63, 3.8) is 0 Å². The van der Waals surface area contributed by atoms with Crippen LogP contribution in [0.2, 0.25) is 0 Å². The minimum atomic E-state index is 0.384. The van der Waals surface area contributed by atoms with Gasteiger partial charge in [0, 0.05) is 16.7 Å². The van der Waals surface area contributed by atoms with Crippen LogP contribution in [-0.2, 0) is 0 Å². The Bertz CT molecular complexity index is 1260. The lowest BCUT2D eigenvalue weighted by molar-refractivity contribution is 0.981. The Labute approximate surface area is 155 Å². The number of hydrogen-bond acceptors (Lipinski definition) is 6. The topological polar surface area (TPSA) is 74.9 Å². The molecule has 2 heterocycles. The second-order valence-electron chi connectivity index (χ2n) is 6.44. The highest BCUT2D eigenvalue weighted by atomic mass is 15.3. The summed E-state index contributed by atoms with van der Waals surface area (Å²) < 4.78 is 0. The summed E-state index contributed by atoms with van der Waals surface area (Å²) in [5, 5.41) is 4.64. The zero-order valence-electron chi connectivity index (χ0n) is 14.8. The van der Waals surface area contributed by atoms with Gasteiger partial charge in [-0.25, -0.2) is 20.0 Å². The lowest BCUT2D eigenvalue weighted by atomic mass is 10.1. The van der Waals surface area contributed by atoms with Gasteiger partial charge in [0.1, 0.15) is 23.8 Å². The maximum absolute atomic E-state index is 4.67. The van der Waals surface area contributed by atoms with Gasteiger partial charge in [0.2, 0.25) is 0 Å². The van der Waals surface area contributed by atoms with Gasteiger partial charge in [-0.05, 0) is 12.5 Å². The van der Waals surface area contributed by atoms with Gasteiger partial charge in [-0.15, -0.1) is 0 Å². The molecule has 1 N–H and O–H groups in total. The predicted molar refractivity (Wildman–Crippen MR) is 104 cm³/mol. The Morgan fingerprint density at radius 3 is 2.37 bits per heavy atom. The molecule has 5 rings (SSSR count). The highest BCUT2D eigenvalue weighted by molar-refractivity contribution is 6.22. The Balaban J connectivity index is 1.61. The van der Waals surface area contributed by atoms with E-state index in [0.29, 0.717) is 17.6 Å². The number of aryl methyl sites for hydroxylation is 1. The van der Waals surface area contributed by atoms with Crippen molar-refractivity contribution in [2.24, 2.45) is 15.1 Å². The van der Waals surface area contributed by atoms with E-state index in [4.69, 9.17) is 0 Å². The molecule has 130 valence electrons. The van der Waals surface area contributed by atoms with Gasteiger partial charge in [0.05, 0.1) is 5.70 Å². The van der Waals surface area contributed by atoms with Gasteiger partial charge >= 0.3 is 0 Å². The fraction of sp³-hybridized carbons (Fsp3) is 0.0952. The van der Waals surface area contributed by atoms with E-state index in [1.807, 2.05) is 42.5 Å². The molecule has 2 aliphatic rings. The van der Waals surface area contributed by atoms with Crippen LogP contribution in [0.4, 0.5) is 0 Å². The molecular weight excluding hydrogens is 336 g/mol. The summed E-state index contributed by atoms with van der Waals surface area (Å²) in [6, 6.07) is 16.1. The van der Waals surface area contributed by atoms with E-state index < -0.39 is 0 Å². The summed E-state index contributed by atoms with van der Waals surface area (Å²) in [6.07, 6.45) is 0. The fourth-order valence-corrected chi connectivity index (χ4v) is 3.38. The number of benzene rings is 2. The standard InChI is InChI=1S/C21H16N6/c1-12-7-3-4-8-14(12)13(2)26-27-18-16-10-6-5-9-15(16)17-19(18)25-21-20(24-17)22-11-23-21/h3-10,26H,2,11H2,1H3/b27-18-. The van der Waals surface area contributed by atoms with Crippen molar-refractivity contribution in [3.8, 4) is 11.3 Å². The molecule has 3 aromatic rings. The predicted octanol–water partition coefficient (Wildman–Crippen LogP) is 1.99. The van der Waals surface area contributed by atoms with Crippen LogP contribution < -0.4 is 16.4 Å². The molecule has 0 amide bonds. The fourth-order valence-electron chi connectivity index (χ4n) is 3.38. The van der Waals surface area contributed by atoms with Gasteiger partial charge in [0.25, 0.3) is 0 Å². The lowest BCUT2D eigenvalue weighted by Crippen LogP contribution is -2.31. The monoisotopic (exact) mass is 352 g/mol. The SMILES string of the molecule is C=C(N/N=C1/c2ccccc2-c2nc3c(nc21)=NCN=3)c1ccccc1C. The summed E-state index contributed by atoms with van der Waals surface area (Å²) in [4.78, 5) is 17.9. The minimum Gasteiger partial charge on any atom is -0.278 e. The molecule has 27 heavy (non-hydrogen) atoms. The average Bonchev–Trinajstić information content (AvgIpc) is 3.27. The number of nitrogens with one attached hydrogen (secondary N) is 1. The normalized spacial score (nSPS) is 14.8.